The second-order valence-corrected chi connectivity index (χ2v) is 8.14. The van der Waals surface area contributed by atoms with Gasteiger partial charge in [-0.15, -0.1) is 0 Å². The van der Waals surface area contributed by atoms with Crippen molar-refractivity contribution in [3.63, 3.8) is 0 Å². The molecule has 1 atom stereocenters. The molecule has 2 amide bonds. The molecule has 0 aliphatic carbocycles. The predicted molar refractivity (Wildman–Crippen MR) is 109 cm³/mol. The van der Waals surface area contributed by atoms with E-state index >= 15 is 0 Å². The zero-order chi connectivity index (χ0) is 24.5. The van der Waals surface area contributed by atoms with Gasteiger partial charge in [-0.1, -0.05) is 6.07 Å². The van der Waals surface area contributed by atoms with E-state index in [1.54, 1.807) is 6.92 Å². The molecule has 0 saturated carbocycles. The van der Waals surface area contributed by atoms with Crippen molar-refractivity contribution in [2.24, 2.45) is 0 Å². The van der Waals surface area contributed by atoms with Crippen molar-refractivity contribution < 1.29 is 37.3 Å². The molecule has 0 aromatic carbocycles. The molecule has 2 saturated heterocycles. The minimum absolute atomic E-state index is 0.0157. The van der Waals surface area contributed by atoms with Gasteiger partial charge < -0.3 is 24.8 Å². The van der Waals surface area contributed by atoms with Crippen LogP contribution in [0.25, 0.3) is 0 Å². The predicted octanol–water partition coefficient (Wildman–Crippen LogP) is 3.07. The number of nitrogens with zero attached hydrogens (tertiary/aromatic N) is 4. The van der Waals surface area contributed by atoms with Crippen LogP contribution in [-0.2, 0) is 16.5 Å². The lowest BCUT2D eigenvalue weighted by atomic mass is 9.85. The third kappa shape index (κ3) is 4.82. The lowest BCUT2D eigenvalue weighted by molar-refractivity contribution is -0.141. The van der Waals surface area contributed by atoms with Gasteiger partial charge in [-0.25, -0.2) is 24.5 Å². The molecule has 2 aliphatic heterocycles. The van der Waals surface area contributed by atoms with Gasteiger partial charge in [0.25, 0.3) is 0 Å². The molecule has 10 nitrogen and oxygen atoms in total. The summed E-state index contributed by atoms with van der Waals surface area (Å²) in [5.41, 5.74) is -1.46. The lowest BCUT2D eigenvalue weighted by Gasteiger charge is -2.33. The van der Waals surface area contributed by atoms with Crippen LogP contribution in [0, 0.1) is 6.92 Å². The SMILES string of the molecule is Cc1ncc(C2(COc3cccc(C(F)(F)F)n3)CNC(=O)O2)c(C2CCN(C(=O)O)CC2)n1. The number of nitrogens with one attached hydrogen (secondary N) is 1. The van der Waals surface area contributed by atoms with Crippen molar-refractivity contribution in [3.8, 4) is 5.88 Å². The number of hydrogen-bond donors (Lipinski definition) is 2. The molecule has 2 fully saturated rings. The summed E-state index contributed by atoms with van der Waals surface area (Å²) < 4.78 is 50.2. The number of rotatable bonds is 5. The summed E-state index contributed by atoms with van der Waals surface area (Å²) in [6.45, 7) is 2.00. The molecule has 0 radical (unpaired) electrons. The van der Waals surface area contributed by atoms with E-state index in [1.807, 2.05) is 0 Å². The maximum absolute atomic E-state index is 13.0. The van der Waals surface area contributed by atoms with Gasteiger partial charge in [-0.05, 0) is 25.8 Å². The van der Waals surface area contributed by atoms with Gasteiger partial charge in [0.15, 0.2) is 5.60 Å². The van der Waals surface area contributed by atoms with E-state index in [0.717, 1.165) is 6.07 Å². The van der Waals surface area contributed by atoms with Crippen LogP contribution < -0.4 is 10.1 Å². The molecule has 2 N–H and O–H groups in total. The zero-order valence-corrected chi connectivity index (χ0v) is 18.1. The van der Waals surface area contributed by atoms with Crippen LogP contribution in [0.2, 0.25) is 0 Å². The number of carbonyl (C=O) groups excluding carboxylic acids is 1. The number of carboxylic acid groups (broad SMARTS) is 1. The van der Waals surface area contributed by atoms with Crippen molar-refractivity contribution in [1.29, 1.82) is 0 Å². The molecular weight excluding hydrogens is 459 g/mol. The second-order valence-electron chi connectivity index (χ2n) is 8.14. The lowest BCUT2D eigenvalue weighted by Crippen LogP contribution is -2.41. The minimum Gasteiger partial charge on any atom is -0.473 e. The van der Waals surface area contributed by atoms with E-state index in [1.165, 1.54) is 23.2 Å². The number of aryl methyl sites for hydroxylation is 1. The number of carbonyl (C=O) groups is 2. The highest BCUT2D eigenvalue weighted by atomic mass is 19.4. The molecule has 0 spiro atoms. The molecule has 1 unspecified atom stereocenters. The van der Waals surface area contributed by atoms with Crippen LogP contribution in [0.4, 0.5) is 22.8 Å². The van der Waals surface area contributed by atoms with Gasteiger partial charge in [-0.3, -0.25) is 0 Å². The Hall–Kier alpha value is -3.64. The molecule has 182 valence electrons. The Morgan fingerprint density at radius 1 is 1.32 bits per heavy atom. The van der Waals surface area contributed by atoms with E-state index in [-0.39, 0.29) is 24.9 Å². The first-order valence-corrected chi connectivity index (χ1v) is 10.5. The van der Waals surface area contributed by atoms with Crippen LogP contribution in [0.15, 0.2) is 24.4 Å². The van der Waals surface area contributed by atoms with Gasteiger partial charge in [0, 0.05) is 36.8 Å². The maximum atomic E-state index is 13.0. The normalized spacial score (nSPS) is 21.2. The fraction of sp³-hybridized carbons (Fsp3) is 0.476. The average Bonchev–Trinajstić information content (AvgIpc) is 3.19. The number of amides is 2. The molecule has 4 heterocycles. The zero-order valence-electron chi connectivity index (χ0n) is 18.1. The molecule has 0 bridgehead atoms. The Morgan fingerprint density at radius 2 is 2.06 bits per heavy atom. The van der Waals surface area contributed by atoms with E-state index in [2.05, 4.69) is 20.3 Å². The fourth-order valence-electron chi connectivity index (χ4n) is 4.11. The number of likely N-dealkylation sites (tertiary alicyclic amines) is 1. The summed E-state index contributed by atoms with van der Waals surface area (Å²) in [6.07, 6.45) is -3.82. The summed E-state index contributed by atoms with van der Waals surface area (Å²) in [4.78, 5) is 36.9. The average molecular weight is 481 g/mol. The van der Waals surface area contributed by atoms with Crippen LogP contribution >= 0.6 is 0 Å². The first kappa shape index (κ1) is 23.5. The summed E-state index contributed by atoms with van der Waals surface area (Å²) in [5, 5.41) is 11.8. The van der Waals surface area contributed by atoms with Crippen LogP contribution in [0.1, 0.15) is 41.5 Å². The molecule has 13 heteroatoms. The fourth-order valence-corrected chi connectivity index (χ4v) is 4.11. The number of alkyl carbamates (subject to hydrolysis) is 1. The summed E-state index contributed by atoms with van der Waals surface area (Å²) in [5.74, 6) is 0.0731. The Balaban J connectivity index is 1.63. The quantitative estimate of drug-likeness (QED) is 0.667. The third-order valence-electron chi connectivity index (χ3n) is 5.86. The molecule has 34 heavy (non-hydrogen) atoms. The standard InChI is InChI=1S/C21H22F3N5O5/c1-12-25-9-14(17(27-12)13-5-7-29(8-6-13)19(31)32)20(10-26-18(30)34-20)11-33-16-4-2-3-15(28-16)21(22,23)24/h2-4,9,13H,5-8,10-11H2,1H3,(H,26,30)(H,31,32). The second kappa shape index (κ2) is 8.95. The largest absolute Gasteiger partial charge is 0.473 e. The van der Waals surface area contributed by atoms with Crippen LogP contribution in [-0.4, -0.2) is 63.4 Å². The Morgan fingerprint density at radius 3 is 2.68 bits per heavy atom. The molecule has 4 rings (SSSR count). The Bertz CT molecular complexity index is 1090. The number of hydrogen-bond acceptors (Lipinski definition) is 7. The van der Waals surface area contributed by atoms with Crippen molar-refractivity contribution in [2.45, 2.75) is 37.5 Å². The highest BCUT2D eigenvalue weighted by Gasteiger charge is 2.47. The van der Waals surface area contributed by atoms with Gasteiger partial charge in [0.1, 0.15) is 18.1 Å². The number of pyridine rings is 1. The van der Waals surface area contributed by atoms with E-state index < -0.39 is 29.7 Å². The van der Waals surface area contributed by atoms with E-state index in [0.29, 0.717) is 43.0 Å². The summed E-state index contributed by atoms with van der Waals surface area (Å²) in [6, 6.07) is 3.28. The number of piperidine rings is 1. The smallest absolute Gasteiger partial charge is 0.433 e. The molecule has 2 aromatic rings. The summed E-state index contributed by atoms with van der Waals surface area (Å²) >= 11 is 0. The Labute approximate surface area is 192 Å². The van der Waals surface area contributed by atoms with Gasteiger partial charge in [0.05, 0.1) is 12.2 Å². The van der Waals surface area contributed by atoms with Crippen molar-refractivity contribution in [3.05, 3.63) is 47.2 Å². The number of cyclic esters (lactones) is 1. The van der Waals surface area contributed by atoms with Gasteiger partial charge >= 0.3 is 18.4 Å². The van der Waals surface area contributed by atoms with Gasteiger partial charge in [-0.2, -0.15) is 13.2 Å². The first-order valence-electron chi connectivity index (χ1n) is 10.5. The highest BCUT2D eigenvalue weighted by Crippen LogP contribution is 2.38. The number of ether oxygens (including phenoxy) is 2. The van der Waals surface area contributed by atoms with Crippen molar-refractivity contribution in [1.82, 2.24) is 25.2 Å². The Kier molecular flexibility index (Phi) is 6.19. The highest BCUT2D eigenvalue weighted by molar-refractivity contribution is 5.71. The van der Waals surface area contributed by atoms with Crippen molar-refractivity contribution in [2.75, 3.05) is 26.2 Å². The van der Waals surface area contributed by atoms with Gasteiger partial charge in [0.2, 0.25) is 5.88 Å². The molecule has 2 aliphatic rings. The topological polar surface area (TPSA) is 127 Å². The third-order valence-corrected chi connectivity index (χ3v) is 5.86. The van der Waals surface area contributed by atoms with E-state index in [4.69, 9.17) is 9.47 Å². The maximum Gasteiger partial charge on any atom is 0.433 e. The minimum atomic E-state index is -4.64. The number of aromatic nitrogens is 3. The monoisotopic (exact) mass is 481 g/mol. The van der Waals surface area contributed by atoms with Crippen LogP contribution in [0.5, 0.6) is 5.88 Å². The summed E-state index contributed by atoms with van der Waals surface area (Å²) in [7, 11) is 0. The van der Waals surface area contributed by atoms with E-state index in [9.17, 15) is 27.9 Å². The number of alkyl halides is 3. The van der Waals surface area contributed by atoms with Crippen LogP contribution in [0.3, 0.4) is 0 Å². The first-order chi connectivity index (χ1) is 16.1. The molecular formula is C21H22F3N5O5. The molecule has 2 aromatic heterocycles. The van der Waals surface area contributed by atoms with Crippen molar-refractivity contribution >= 4 is 12.2 Å². The number of halogens is 3.